The highest BCUT2D eigenvalue weighted by Gasteiger charge is 2.10. The summed E-state index contributed by atoms with van der Waals surface area (Å²) in [7, 11) is 3.06. The minimum absolute atomic E-state index is 0.271. The van der Waals surface area contributed by atoms with Crippen LogP contribution in [0.3, 0.4) is 0 Å². The minimum atomic E-state index is -0.271. The van der Waals surface area contributed by atoms with E-state index < -0.39 is 0 Å². The van der Waals surface area contributed by atoms with Crippen molar-refractivity contribution in [3.05, 3.63) is 53.6 Å². The molecule has 5 heteroatoms. The number of carbonyl (C=O) groups excluding carboxylic acids is 1. The second-order valence-electron chi connectivity index (χ2n) is 5.94. The summed E-state index contributed by atoms with van der Waals surface area (Å²) in [4.78, 5) is 12.1. The van der Waals surface area contributed by atoms with Crippen molar-refractivity contribution >= 4 is 23.4 Å². The average molecular weight is 340 g/mol. The lowest BCUT2D eigenvalue weighted by Crippen LogP contribution is -2.10. The molecule has 2 aromatic rings. The van der Waals surface area contributed by atoms with Crippen LogP contribution < -0.4 is 20.5 Å². The van der Waals surface area contributed by atoms with Crippen LogP contribution in [0.5, 0.6) is 11.5 Å². The number of methoxy groups -OCH3 is 2. The highest BCUT2D eigenvalue weighted by atomic mass is 16.5. The van der Waals surface area contributed by atoms with Crippen LogP contribution in [-0.2, 0) is 4.79 Å². The molecule has 0 radical (unpaired) electrons. The van der Waals surface area contributed by atoms with Crippen LogP contribution in [0.2, 0.25) is 0 Å². The van der Waals surface area contributed by atoms with Crippen molar-refractivity contribution in [3.63, 3.8) is 0 Å². The maximum atomic E-state index is 12.1. The lowest BCUT2D eigenvalue weighted by Gasteiger charge is -2.12. The number of hydrogen-bond acceptors (Lipinski definition) is 4. The molecule has 3 N–H and O–H groups in total. The van der Waals surface area contributed by atoms with Crippen molar-refractivity contribution in [1.29, 1.82) is 0 Å². The smallest absolute Gasteiger partial charge is 0.248 e. The van der Waals surface area contributed by atoms with Crippen LogP contribution in [0.4, 0.5) is 11.4 Å². The normalized spacial score (nSPS) is 10.9. The van der Waals surface area contributed by atoms with Gasteiger partial charge < -0.3 is 20.5 Å². The Balaban J connectivity index is 2.09. The summed E-state index contributed by atoms with van der Waals surface area (Å²) in [6, 6.07) is 11.4. The summed E-state index contributed by atoms with van der Waals surface area (Å²) in [5.74, 6) is 1.22. The fourth-order valence-corrected chi connectivity index (χ4v) is 2.34. The Morgan fingerprint density at radius 3 is 2.24 bits per heavy atom. The average Bonchev–Trinajstić information content (AvgIpc) is 2.61. The molecule has 0 spiro atoms. The molecule has 0 unspecified atom stereocenters. The molecule has 0 aliphatic heterocycles. The lowest BCUT2D eigenvalue weighted by molar-refractivity contribution is -0.111. The molecule has 0 aliphatic rings. The second kappa shape index (κ2) is 8.24. The van der Waals surface area contributed by atoms with Gasteiger partial charge in [-0.1, -0.05) is 38.1 Å². The molecular weight excluding hydrogens is 316 g/mol. The number of rotatable bonds is 6. The summed E-state index contributed by atoms with van der Waals surface area (Å²) in [5.41, 5.74) is 9.05. The summed E-state index contributed by atoms with van der Waals surface area (Å²) < 4.78 is 10.4. The molecule has 0 heterocycles. The number of ether oxygens (including phenoxy) is 2. The van der Waals surface area contributed by atoms with E-state index in [0.717, 1.165) is 5.56 Å². The van der Waals surface area contributed by atoms with Crippen LogP contribution in [0.25, 0.3) is 6.08 Å². The molecule has 2 rings (SSSR count). The fourth-order valence-electron chi connectivity index (χ4n) is 2.34. The fraction of sp³-hybridized carbons (Fsp3) is 0.250. The van der Waals surface area contributed by atoms with E-state index in [1.165, 1.54) is 25.9 Å². The standard InChI is InChI=1S/C20H24N2O3/c1-13(2)15-8-5-14(6-9-15)7-10-20(23)22-17-12-19(25-4)18(24-3)11-16(17)21/h5-13H,21H2,1-4H3,(H,22,23)/b10-7+. The van der Waals surface area contributed by atoms with Crippen molar-refractivity contribution in [3.8, 4) is 11.5 Å². The molecular formula is C20H24N2O3. The molecule has 0 fully saturated rings. The number of benzene rings is 2. The van der Waals surface area contributed by atoms with Crippen LogP contribution in [0, 0.1) is 0 Å². The van der Waals surface area contributed by atoms with Gasteiger partial charge in [-0.3, -0.25) is 4.79 Å². The first kappa shape index (κ1) is 18.4. The van der Waals surface area contributed by atoms with Gasteiger partial charge in [-0.25, -0.2) is 0 Å². The van der Waals surface area contributed by atoms with E-state index in [0.29, 0.717) is 28.8 Å². The van der Waals surface area contributed by atoms with E-state index in [2.05, 4.69) is 31.3 Å². The van der Waals surface area contributed by atoms with E-state index in [9.17, 15) is 4.79 Å². The quantitative estimate of drug-likeness (QED) is 0.614. The van der Waals surface area contributed by atoms with E-state index in [1.54, 1.807) is 18.2 Å². The third-order valence-corrected chi connectivity index (χ3v) is 3.84. The van der Waals surface area contributed by atoms with E-state index in [4.69, 9.17) is 15.2 Å². The van der Waals surface area contributed by atoms with Gasteiger partial charge in [-0.2, -0.15) is 0 Å². The molecule has 0 bridgehead atoms. The third-order valence-electron chi connectivity index (χ3n) is 3.84. The number of nitrogens with two attached hydrogens (primary N) is 1. The molecule has 1 amide bonds. The number of nitrogen functional groups attached to an aromatic ring is 1. The number of carbonyl (C=O) groups is 1. The van der Waals surface area contributed by atoms with Gasteiger partial charge in [-0.05, 0) is 23.1 Å². The van der Waals surface area contributed by atoms with Crippen molar-refractivity contribution in [2.45, 2.75) is 19.8 Å². The Hall–Kier alpha value is -2.95. The molecule has 5 nitrogen and oxygen atoms in total. The summed E-state index contributed by atoms with van der Waals surface area (Å²) in [6.45, 7) is 4.29. The Morgan fingerprint density at radius 1 is 1.08 bits per heavy atom. The van der Waals surface area contributed by atoms with Crippen LogP contribution in [0.1, 0.15) is 30.9 Å². The maximum absolute atomic E-state index is 12.1. The highest BCUT2D eigenvalue weighted by molar-refractivity contribution is 6.03. The maximum Gasteiger partial charge on any atom is 0.248 e. The predicted molar refractivity (Wildman–Crippen MR) is 102 cm³/mol. The molecule has 25 heavy (non-hydrogen) atoms. The predicted octanol–water partition coefficient (Wildman–Crippen LogP) is 4.06. The van der Waals surface area contributed by atoms with Crippen LogP contribution in [-0.4, -0.2) is 20.1 Å². The van der Waals surface area contributed by atoms with E-state index in [1.807, 2.05) is 12.1 Å². The van der Waals surface area contributed by atoms with Crippen molar-refractivity contribution in [2.75, 3.05) is 25.3 Å². The molecule has 0 saturated heterocycles. The zero-order chi connectivity index (χ0) is 18.4. The van der Waals surface area contributed by atoms with Gasteiger partial charge in [0.1, 0.15) is 0 Å². The number of hydrogen-bond donors (Lipinski definition) is 2. The van der Waals surface area contributed by atoms with Gasteiger partial charge in [-0.15, -0.1) is 0 Å². The van der Waals surface area contributed by atoms with E-state index in [-0.39, 0.29) is 5.91 Å². The minimum Gasteiger partial charge on any atom is -0.493 e. The van der Waals surface area contributed by atoms with Gasteiger partial charge in [0, 0.05) is 18.2 Å². The Labute approximate surface area is 148 Å². The molecule has 2 aromatic carbocycles. The van der Waals surface area contributed by atoms with Gasteiger partial charge in [0.2, 0.25) is 5.91 Å². The van der Waals surface area contributed by atoms with Gasteiger partial charge in [0.15, 0.2) is 11.5 Å². The lowest BCUT2D eigenvalue weighted by atomic mass is 10.0. The summed E-state index contributed by atoms with van der Waals surface area (Å²) in [5, 5.41) is 2.75. The monoisotopic (exact) mass is 340 g/mol. The first-order valence-electron chi connectivity index (χ1n) is 8.05. The Bertz CT molecular complexity index is 765. The molecule has 0 aliphatic carbocycles. The molecule has 132 valence electrons. The number of anilines is 2. The third kappa shape index (κ3) is 4.76. The first-order chi connectivity index (χ1) is 11.9. The van der Waals surface area contributed by atoms with Gasteiger partial charge >= 0.3 is 0 Å². The largest absolute Gasteiger partial charge is 0.493 e. The topological polar surface area (TPSA) is 73.6 Å². The first-order valence-corrected chi connectivity index (χ1v) is 8.05. The zero-order valence-corrected chi connectivity index (χ0v) is 15.0. The van der Waals surface area contributed by atoms with Crippen molar-refractivity contribution < 1.29 is 14.3 Å². The molecule has 0 atom stereocenters. The van der Waals surface area contributed by atoms with Gasteiger partial charge in [0.25, 0.3) is 0 Å². The van der Waals surface area contributed by atoms with Crippen LogP contribution in [0.15, 0.2) is 42.5 Å². The van der Waals surface area contributed by atoms with Crippen molar-refractivity contribution in [2.24, 2.45) is 0 Å². The van der Waals surface area contributed by atoms with Gasteiger partial charge in [0.05, 0.1) is 25.6 Å². The highest BCUT2D eigenvalue weighted by Crippen LogP contribution is 2.34. The summed E-state index contributed by atoms with van der Waals surface area (Å²) >= 11 is 0. The molecule has 0 saturated carbocycles. The Morgan fingerprint density at radius 2 is 1.68 bits per heavy atom. The second-order valence-corrected chi connectivity index (χ2v) is 5.94. The van der Waals surface area contributed by atoms with Crippen molar-refractivity contribution in [1.82, 2.24) is 0 Å². The summed E-state index contributed by atoms with van der Waals surface area (Å²) in [6.07, 6.45) is 3.23. The Kier molecular flexibility index (Phi) is 6.06. The molecule has 0 aromatic heterocycles. The number of amides is 1. The number of nitrogens with one attached hydrogen (secondary N) is 1. The SMILES string of the molecule is COc1cc(N)c(NC(=O)/C=C/c2ccc(C(C)C)cc2)cc1OC. The van der Waals surface area contributed by atoms with Crippen LogP contribution >= 0.6 is 0 Å². The van der Waals surface area contributed by atoms with E-state index >= 15 is 0 Å². The zero-order valence-electron chi connectivity index (χ0n) is 15.0.